The Balaban J connectivity index is 1.49. The molecule has 1 aromatic carbocycles. The first-order valence-electron chi connectivity index (χ1n) is 11.3. The number of H-pyrrole nitrogens is 1. The standard InChI is InChI=1S/C23H23FN8O/c1-9-27-7-10(8-28-9)33-23-30-21-18-17-12(13(24)6-15(26-2)19(17)29-21)5-16-11-3-4-14(25)20(11)32(16)22(18)31-23/h6-8,11,14,16,20,26H,3-5,25H2,1-2H3,(H,29,30,31). The van der Waals surface area contributed by atoms with E-state index in [1.807, 2.05) is 6.92 Å². The highest BCUT2D eigenvalue weighted by Crippen LogP contribution is 2.53. The Hall–Kier alpha value is -3.53. The molecule has 168 valence electrons. The number of rotatable bonds is 3. The van der Waals surface area contributed by atoms with Crippen molar-refractivity contribution < 1.29 is 9.13 Å². The number of hydrogen-bond acceptors (Lipinski definition) is 8. The van der Waals surface area contributed by atoms with E-state index in [1.54, 1.807) is 25.5 Å². The van der Waals surface area contributed by atoms with Crippen LogP contribution in [0.15, 0.2) is 18.5 Å². The van der Waals surface area contributed by atoms with Gasteiger partial charge in [0.25, 0.3) is 0 Å². The van der Waals surface area contributed by atoms with E-state index in [-0.39, 0.29) is 30.0 Å². The van der Waals surface area contributed by atoms with Crippen LogP contribution >= 0.6 is 0 Å². The Morgan fingerprint density at radius 1 is 1.21 bits per heavy atom. The van der Waals surface area contributed by atoms with E-state index in [4.69, 9.17) is 15.5 Å². The van der Waals surface area contributed by atoms with Gasteiger partial charge in [-0.1, -0.05) is 0 Å². The lowest BCUT2D eigenvalue weighted by atomic mass is 9.78. The van der Waals surface area contributed by atoms with E-state index < -0.39 is 0 Å². The number of anilines is 2. The fourth-order valence-electron chi connectivity index (χ4n) is 6.09. The predicted octanol–water partition coefficient (Wildman–Crippen LogP) is 3.03. The van der Waals surface area contributed by atoms with Crippen LogP contribution in [0.1, 0.15) is 24.2 Å². The van der Waals surface area contributed by atoms with Gasteiger partial charge in [0.2, 0.25) is 0 Å². The second-order valence-electron chi connectivity index (χ2n) is 9.21. The Labute approximate surface area is 188 Å². The summed E-state index contributed by atoms with van der Waals surface area (Å²) in [4.78, 5) is 23.5. The van der Waals surface area contributed by atoms with Crippen LogP contribution in [-0.2, 0) is 6.42 Å². The van der Waals surface area contributed by atoms with Crippen molar-refractivity contribution in [1.29, 1.82) is 0 Å². The van der Waals surface area contributed by atoms with Crippen molar-refractivity contribution in [3.05, 3.63) is 35.7 Å². The van der Waals surface area contributed by atoms with Crippen molar-refractivity contribution in [2.24, 2.45) is 11.7 Å². The van der Waals surface area contributed by atoms with Gasteiger partial charge in [0.05, 0.1) is 35.0 Å². The van der Waals surface area contributed by atoms with Gasteiger partial charge in [-0.2, -0.15) is 9.97 Å². The van der Waals surface area contributed by atoms with Crippen molar-refractivity contribution in [2.45, 2.75) is 44.3 Å². The zero-order valence-corrected chi connectivity index (χ0v) is 18.3. The first kappa shape index (κ1) is 19.0. The molecule has 0 amide bonds. The average molecular weight is 446 g/mol. The fraction of sp³-hybridized carbons (Fsp3) is 0.391. The van der Waals surface area contributed by atoms with Gasteiger partial charge in [-0.25, -0.2) is 14.4 Å². The number of hydrogen-bond donors (Lipinski definition) is 3. The van der Waals surface area contributed by atoms with Crippen LogP contribution in [0.5, 0.6) is 11.8 Å². The molecule has 4 unspecified atom stereocenters. The molecule has 10 heteroatoms. The third-order valence-corrected chi connectivity index (χ3v) is 7.52. The number of halogens is 1. The zero-order chi connectivity index (χ0) is 22.4. The van der Waals surface area contributed by atoms with Crippen LogP contribution < -0.4 is 20.7 Å². The fourth-order valence-corrected chi connectivity index (χ4v) is 6.09. The maximum Gasteiger partial charge on any atom is 0.326 e. The Morgan fingerprint density at radius 2 is 2.03 bits per heavy atom. The summed E-state index contributed by atoms with van der Waals surface area (Å²) in [6.45, 7) is 1.81. The lowest BCUT2D eigenvalue weighted by Crippen LogP contribution is -2.67. The quantitative estimate of drug-likeness (QED) is 0.440. The molecule has 1 saturated carbocycles. The van der Waals surface area contributed by atoms with Gasteiger partial charge in [0.15, 0.2) is 5.75 Å². The van der Waals surface area contributed by atoms with E-state index in [9.17, 15) is 0 Å². The summed E-state index contributed by atoms with van der Waals surface area (Å²) in [5.74, 6) is 2.09. The maximum atomic E-state index is 15.4. The molecule has 4 N–H and O–H groups in total. The molecule has 4 atom stereocenters. The molecule has 2 aliphatic heterocycles. The SMILES string of the molecule is CNc1cc(F)c2c3c1[nH]c1nc(Oc4cnc(C)nc4)nc(c13)N1C(C2)C2CCC(N)C21. The van der Waals surface area contributed by atoms with Gasteiger partial charge in [-0.05, 0) is 32.3 Å². The largest absolute Gasteiger partial charge is 0.421 e. The van der Waals surface area contributed by atoms with Crippen LogP contribution in [0.4, 0.5) is 15.9 Å². The van der Waals surface area contributed by atoms with E-state index >= 15 is 4.39 Å². The summed E-state index contributed by atoms with van der Waals surface area (Å²) in [6, 6.07) is 2.17. The monoisotopic (exact) mass is 446 g/mol. The second kappa shape index (κ2) is 6.50. The molecule has 0 radical (unpaired) electrons. The molecule has 3 aliphatic rings. The molecule has 4 aromatic rings. The molecule has 1 saturated heterocycles. The minimum atomic E-state index is -0.205. The van der Waals surface area contributed by atoms with Gasteiger partial charge >= 0.3 is 6.01 Å². The van der Waals surface area contributed by atoms with E-state index in [0.717, 1.165) is 34.9 Å². The van der Waals surface area contributed by atoms with Crippen molar-refractivity contribution in [1.82, 2.24) is 24.9 Å². The molecule has 5 heterocycles. The molecule has 1 aliphatic carbocycles. The van der Waals surface area contributed by atoms with E-state index in [0.29, 0.717) is 40.8 Å². The first-order chi connectivity index (χ1) is 16.0. The van der Waals surface area contributed by atoms with Crippen LogP contribution in [0.25, 0.3) is 21.9 Å². The minimum absolute atomic E-state index is 0.0690. The van der Waals surface area contributed by atoms with Crippen molar-refractivity contribution in [2.75, 3.05) is 17.3 Å². The number of nitrogens with two attached hydrogens (primary N) is 1. The summed E-state index contributed by atoms with van der Waals surface area (Å²) in [6.07, 6.45) is 5.84. The first-order valence-corrected chi connectivity index (χ1v) is 11.3. The summed E-state index contributed by atoms with van der Waals surface area (Å²) in [5.41, 5.74) is 9.35. The molecular formula is C23H23FN8O. The lowest BCUT2D eigenvalue weighted by Gasteiger charge is -2.54. The number of aryl methyl sites for hydroxylation is 1. The smallest absolute Gasteiger partial charge is 0.326 e. The zero-order valence-electron chi connectivity index (χ0n) is 18.3. The highest BCUT2D eigenvalue weighted by Gasteiger charge is 2.56. The summed E-state index contributed by atoms with van der Waals surface area (Å²) in [5, 5.41) is 4.77. The third-order valence-electron chi connectivity index (χ3n) is 7.52. The normalized spacial score (nSPS) is 25.2. The number of fused-ring (bicyclic) bond motifs is 5. The van der Waals surface area contributed by atoms with Crippen molar-refractivity contribution >= 4 is 33.4 Å². The lowest BCUT2D eigenvalue weighted by molar-refractivity contribution is 0.222. The molecule has 33 heavy (non-hydrogen) atoms. The van der Waals surface area contributed by atoms with Gasteiger partial charge in [-0.15, -0.1) is 0 Å². The van der Waals surface area contributed by atoms with E-state index in [1.165, 1.54) is 0 Å². The number of aromatic nitrogens is 5. The van der Waals surface area contributed by atoms with Gasteiger partial charge in [-0.3, -0.25) is 0 Å². The van der Waals surface area contributed by atoms with Crippen LogP contribution in [0.3, 0.4) is 0 Å². The average Bonchev–Trinajstić information content (AvgIpc) is 3.29. The number of nitrogens with one attached hydrogen (secondary N) is 2. The van der Waals surface area contributed by atoms with E-state index in [2.05, 4.69) is 30.2 Å². The topological polar surface area (TPSA) is 118 Å². The van der Waals surface area contributed by atoms with Crippen LogP contribution in [0.2, 0.25) is 0 Å². The Morgan fingerprint density at radius 3 is 2.82 bits per heavy atom. The second-order valence-corrected chi connectivity index (χ2v) is 9.21. The minimum Gasteiger partial charge on any atom is -0.421 e. The van der Waals surface area contributed by atoms with Crippen LogP contribution in [0, 0.1) is 18.7 Å². The third kappa shape index (κ3) is 2.49. The van der Waals surface area contributed by atoms with Gasteiger partial charge < -0.3 is 25.7 Å². The molecule has 0 spiro atoms. The van der Waals surface area contributed by atoms with Gasteiger partial charge in [0, 0.05) is 36.0 Å². The predicted molar refractivity (Wildman–Crippen MR) is 122 cm³/mol. The number of benzene rings is 1. The van der Waals surface area contributed by atoms with Crippen molar-refractivity contribution in [3.8, 4) is 11.8 Å². The highest BCUT2D eigenvalue weighted by atomic mass is 19.1. The van der Waals surface area contributed by atoms with Gasteiger partial charge in [0.1, 0.15) is 23.1 Å². The summed E-state index contributed by atoms with van der Waals surface area (Å²) < 4.78 is 21.3. The van der Waals surface area contributed by atoms with Crippen LogP contribution in [-0.4, -0.2) is 50.1 Å². The molecule has 0 bridgehead atoms. The number of nitrogens with zero attached hydrogens (tertiary/aromatic N) is 5. The summed E-state index contributed by atoms with van der Waals surface area (Å²) >= 11 is 0. The molecule has 3 aromatic heterocycles. The number of ether oxygens (including phenoxy) is 1. The Bertz CT molecular complexity index is 1430. The molecule has 9 nitrogen and oxygen atoms in total. The maximum absolute atomic E-state index is 15.4. The Kier molecular flexibility index (Phi) is 3.74. The molecule has 2 fully saturated rings. The number of aromatic amines is 1. The molecular weight excluding hydrogens is 423 g/mol. The summed E-state index contributed by atoms with van der Waals surface area (Å²) in [7, 11) is 1.79. The van der Waals surface area contributed by atoms with Crippen molar-refractivity contribution in [3.63, 3.8) is 0 Å². The highest BCUT2D eigenvalue weighted by molar-refractivity contribution is 6.17. The molecule has 7 rings (SSSR count).